The smallest absolute Gasteiger partial charge is 0.228 e. The minimum Gasteiger partial charge on any atom is -0.340 e. The van der Waals surface area contributed by atoms with E-state index in [-0.39, 0.29) is 23.8 Å². The van der Waals surface area contributed by atoms with Gasteiger partial charge in [0.05, 0.1) is 18.5 Å². The fraction of sp³-hybridized carbons (Fsp3) is 0.412. The third kappa shape index (κ3) is 3.33. The molecule has 0 unspecified atom stereocenters. The first-order valence-electron chi connectivity index (χ1n) is 7.64. The Morgan fingerprint density at radius 3 is 2.70 bits per heavy atom. The Bertz CT molecular complexity index is 667. The molecular formula is C17H20N2O2S2. The van der Waals surface area contributed by atoms with Crippen LogP contribution < -0.4 is 0 Å². The van der Waals surface area contributed by atoms with Crippen molar-refractivity contribution in [2.45, 2.75) is 25.4 Å². The largest absolute Gasteiger partial charge is 0.340 e. The molecule has 0 spiro atoms. The second-order valence-electron chi connectivity index (χ2n) is 5.88. The Hall–Kier alpha value is -1.66. The highest BCUT2D eigenvalue weighted by Crippen LogP contribution is 2.38. The maximum atomic E-state index is 13.0. The first kappa shape index (κ1) is 16.2. The number of likely N-dealkylation sites (tertiary alicyclic amines) is 1. The highest BCUT2D eigenvalue weighted by Gasteiger charge is 2.40. The normalized spacial score (nSPS) is 21.5. The zero-order chi connectivity index (χ0) is 16.4. The van der Waals surface area contributed by atoms with Crippen LogP contribution in [0.15, 0.2) is 35.0 Å². The van der Waals surface area contributed by atoms with Crippen molar-refractivity contribution in [2.75, 3.05) is 14.1 Å². The minimum absolute atomic E-state index is 0.119. The summed E-state index contributed by atoms with van der Waals surface area (Å²) in [5.41, 5.74) is 0. The van der Waals surface area contributed by atoms with Gasteiger partial charge in [0.25, 0.3) is 0 Å². The first-order chi connectivity index (χ1) is 11.1. The zero-order valence-corrected chi connectivity index (χ0v) is 14.9. The van der Waals surface area contributed by atoms with E-state index in [1.165, 1.54) is 4.88 Å². The summed E-state index contributed by atoms with van der Waals surface area (Å²) in [6, 6.07) is 7.89. The molecule has 0 radical (unpaired) electrons. The van der Waals surface area contributed by atoms with E-state index in [0.29, 0.717) is 19.4 Å². The van der Waals surface area contributed by atoms with Crippen LogP contribution in [0.1, 0.15) is 28.6 Å². The molecule has 1 saturated heterocycles. The van der Waals surface area contributed by atoms with Crippen LogP contribution in [0.3, 0.4) is 0 Å². The number of hydrogen-bond acceptors (Lipinski definition) is 4. The van der Waals surface area contributed by atoms with Crippen LogP contribution in [0.25, 0.3) is 0 Å². The molecule has 1 fully saturated rings. The van der Waals surface area contributed by atoms with Gasteiger partial charge in [-0.25, -0.2) is 0 Å². The highest BCUT2D eigenvalue weighted by molar-refractivity contribution is 7.10. The number of amides is 2. The summed E-state index contributed by atoms with van der Waals surface area (Å²) in [5.74, 6) is 0.0748. The van der Waals surface area contributed by atoms with Crippen LogP contribution >= 0.6 is 22.7 Å². The Balaban J connectivity index is 1.80. The predicted molar refractivity (Wildman–Crippen MR) is 93.3 cm³/mol. The fourth-order valence-electron chi connectivity index (χ4n) is 3.14. The van der Waals surface area contributed by atoms with Crippen molar-refractivity contribution < 1.29 is 9.59 Å². The van der Waals surface area contributed by atoms with E-state index in [1.54, 1.807) is 32.5 Å². The quantitative estimate of drug-likeness (QED) is 0.850. The number of thiophene rings is 2. The number of piperidine rings is 1. The second-order valence-corrected chi connectivity index (χ2v) is 7.90. The van der Waals surface area contributed by atoms with Gasteiger partial charge in [-0.3, -0.25) is 9.59 Å². The molecule has 0 bridgehead atoms. The number of rotatable bonds is 4. The lowest BCUT2D eigenvalue weighted by Gasteiger charge is -2.39. The molecule has 1 aliphatic rings. The van der Waals surface area contributed by atoms with Crippen molar-refractivity contribution in [3.05, 3.63) is 44.8 Å². The van der Waals surface area contributed by atoms with E-state index >= 15 is 0 Å². The second kappa shape index (κ2) is 6.84. The van der Waals surface area contributed by atoms with Crippen LogP contribution in [-0.2, 0) is 16.1 Å². The van der Waals surface area contributed by atoms with Gasteiger partial charge < -0.3 is 9.80 Å². The maximum absolute atomic E-state index is 13.0. The van der Waals surface area contributed by atoms with E-state index in [2.05, 4.69) is 0 Å². The van der Waals surface area contributed by atoms with Gasteiger partial charge in [0.2, 0.25) is 11.8 Å². The van der Waals surface area contributed by atoms with Gasteiger partial charge in [0, 0.05) is 30.3 Å². The van der Waals surface area contributed by atoms with E-state index in [4.69, 9.17) is 0 Å². The number of hydrogen-bond donors (Lipinski definition) is 0. The van der Waals surface area contributed by atoms with Crippen LogP contribution in [-0.4, -0.2) is 35.7 Å². The Labute approximate surface area is 144 Å². The van der Waals surface area contributed by atoms with Crippen LogP contribution in [0, 0.1) is 5.92 Å². The molecule has 0 aliphatic carbocycles. The highest BCUT2D eigenvalue weighted by atomic mass is 32.1. The van der Waals surface area contributed by atoms with Gasteiger partial charge in [-0.15, -0.1) is 22.7 Å². The van der Waals surface area contributed by atoms with Gasteiger partial charge in [-0.2, -0.15) is 0 Å². The SMILES string of the molecule is CN(Cc1cccs1)C(=O)[C@@H]1CCC(=O)N(C)[C@@H]1c1cccs1. The van der Waals surface area contributed by atoms with Gasteiger partial charge in [-0.05, 0) is 29.3 Å². The minimum atomic E-state index is -0.165. The number of carbonyl (C=O) groups excluding carboxylic acids is 2. The van der Waals surface area contributed by atoms with Crippen molar-refractivity contribution in [3.63, 3.8) is 0 Å². The molecule has 4 nitrogen and oxygen atoms in total. The third-order valence-electron chi connectivity index (χ3n) is 4.36. The van der Waals surface area contributed by atoms with Crippen LogP contribution in [0.5, 0.6) is 0 Å². The molecule has 3 heterocycles. The lowest BCUT2D eigenvalue weighted by molar-refractivity contribution is -0.146. The first-order valence-corrected chi connectivity index (χ1v) is 9.40. The molecule has 3 rings (SSSR count). The van der Waals surface area contributed by atoms with E-state index in [9.17, 15) is 9.59 Å². The molecular weight excluding hydrogens is 328 g/mol. The summed E-state index contributed by atoms with van der Waals surface area (Å²) in [7, 11) is 3.66. The van der Waals surface area contributed by atoms with E-state index < -0.39 is 0 Å². The van der Waals surface area contributed by atoms with Gasteiger partial charge in [-0.1, -0.05) is 12.1 Å². The summed E-state index contributed by atoms with van der Waals surface area (Å²) in [4.78, 5) is 30.9. The Morgan fingerprint density at radius 2 is 2.04 bits per heavy atom. The van der Waals surface area contributed by atoms with Gasteiger partial charge in [0.15, 0.2) is 0 Å². The summed E-state index contributed by atoms with van der Waals surface area (Å²) >= 11 is 3.27. The molecule has 2 aromatic rings. The molecule has 2 atom stereocenters. The lowest BCUT2D eigenvalue weighted by Crippen LogP contribution is -2.46. The molecule has 2 aromatic heterocycles. The van der Waals surface area contributed by atoms with Crippen molar-refractivity contribution in [1.82, 2.24) is 9.80 Å². The summed E-state index contributed by atoms with van der Waals surface area (Å²) < 4.78 is 0. The molecule has 0 N–H and O–H groups in total. The average Bonchev–Trinajstić information content (AvgIpc) is 3.22. The van der Waals surface area contributed by atoms with Crippen LogP contribution in [0.4, 0.5) is 0 Å². The third-order valence-corrected chi connectivity index (χ3v) is 6.17. The topological polar surface area (TPSA) is 40.6 Å². The molecule has 0 saturated carbocycles. The maximum Gasteiger partial charge on any atom is 0.228 e. The summed E-state index contributed by atoms with van der Waals surface area (Å²) in [5, 5.41) is 4.02. The molecule has 2 amide bonds. The molecule has 1 aliphatic heterocycles. The van der Waals surface area contributed by atoms with Crippen molar-refractivity contribution in [1.29, 1.82) is 0 Å². The molecule has 0 aromatic carbocycles. The summed E-state index contributed by atoms with van der Waals surface area (Å²) in [6.45, 7) is 0.627. The van der Waals surface area contributed by atoms with E-state index in [1.807, 2.05) is 49.1 Å². The number of carbonyl (C=O) groups is 2. The monoisotopic (exact) mass is 348 g/mol. The molecule has 23 heavy (non-hydrogen) atoms. The molecule has 122 valence electrons. The van der Waals surface area contributed by atoms with E-state index in [0.717, 1.165) is 4.88 Å². The summed E-state index contributed by atoms with van der Waals surface area (Å²) in [6.07, 6.45) is 1.07. The van der Waals surface area contributed by atoms with Crippen molar-refractivity contribution >= 4 is 34.5 Å². The number of nitrogens with zero attached hydrogens (tertiary/aromatic N) is 2. The van der Waals surface area contributed by atoms with Crippen LogP contribution in [0.2, 0.25) is 0 Å². The van der Waals surface area contributed by atoms with Gasteiger partial charge in [0.1, 0.15) is 0 Å². The average molecular weight is 348 g/mol. The fourth-order valence-corrected chi connectivity index (χ4v) is 4.83. The Kier molecular flexibility index (Phi) is 4.82. The zero-order valence-electron chi connectivity index (χ0n) is 13.3. The predicted octanol–water partition coefficient (Wildman–Crippen LogP) is 3.38. The van der Waals surface area contributed by atoms with Crippen molar-refractivity contribution in [2.24, 2.45) is 5.92 Å². The Morgan fingerprint density at radius 1 is 1.30 bits per heavy atom. The van der Waals surface area contributed by atoms with Gasteiger partial charge >= 0.3 is 0 Å². The lowest BCUT2D eigenvalue weighted by atomic mass is 9.87. The standard InChI is InChI=1S/C17H20N2O2S2/c1-18(11-12-5-3-9-22-12)17(21)13-7-8-15(20)19(2)16(13)14-6-4-10-23-14/h3-6,9-10,13,16H,7-8,11H2,1-2H3/t13-,16+/m1/s1. The molecule has 6 heteroatoms. The van der Waals surface area contributed by atoms with Crippen molar-refractivity contribution in [3.8, 4) is 0 Å².